The molecule has 1 rings (SSSR count). The van der Waals surface area contributed by atoms with Crippen molar-refractivity contribution in [1.82, 2.24) is 0 Å². The largest absolute Gasteiger partial charge is 0.508 e. The van der Waals surface area contributed by atoms with Gasteiger partial charge in [-0.15, -0.1) is 0 Å². The van der Waals surface area contributed by atoms with E-state index in [1.807, 2.05) is 0 Å². The van der Waals surface area contributed by atoms with Gasteiger partial charge in [0.15, 0.2) is 6.29 Å². The molecular formula is C9H10O3. The monoisotopic (exact) mass is 166 g/mol. The number of phenolic OH excluding ortho intramolecular Hbond substituents is 1. The third kappa shape index (κ3) is 1.25. The highest BCUT2D eigenvalue weighted by atomic mass is 16.5. The van der Waals surface area contributed by atoms with E-state index in [-0.39, 0.29) is 5.75 Å². The summed E-state index contributed by atoms with van der Waals surface area (Å²) in [6.07, 6.45) is 0.700. The van der Waals surface area contributed by atoms with Crippen LogP contribution in [0, 0.1) is 6.92 Å². The summed E-state index contributed by atoms with van der Waals surface area (Å²) in [6, 6.07) is 3.00. The van der Waals surface area contributed by atoms with Gasteiger partial charge < -0.3 is 9.84 Å². The van der Waals surface area contributed by atoms with Crippen molar-refractivity contribution in [1.29, 1.82) is 0 Å². The standard InChI is InChI=1S/C9H10O3/c1-6-8(11)4-3-7(5-10)9(6)12-2/h3-5,11H,1-2H3. The predicted octanol–water partition coefficient (Wildman–Crippen LogP) is 1.52. The summed E-state index contributed by atoms with van der Waals surface area (Å²) in [5, 5.41) is 9.26. The van der Waals surface area contributed by atoms with Gasteiger partial charge in [-0.05, 0) is 19.1 Å². The molecule has 0 bridgehead atoms. The number of phenols is 1. The Bertz CT molecular complexity index is 305. The van der Waals surface area contributed by atoms with Crippen LogP contribution < -0.4 is 4.74 Å². The van der Waals surface area contributed by atoms with Crippen molar-refractivity contribution < 1.29 is 14.6 Å². The van der Waals surface area contributed by atoms with Crippen LogP contribution in [0.5, 0.6) is 11.5 Å². The van der Waals surface area contributed by atoms with Crippen molar-refractivity contribution in [2.45, 2.75) is 6.92 Å². The minimum absolute atomic E-state index is 0.137. The topological polar surface area (TPSA) is 46.5 Å². The molecule has 0 saturated carbocycles. The van der Waals surface area contributed by atoms with Gasteiger partial charge in [-0.1, -0.05) is 0 Å². The molecule has 0 aromatic heterocycles. The van der Waals surface area contributed by atoms with Gasteiger partial charge in [-0.25, -0.2) is 0 Å². The van der Waals surface area contributed by atoms with E-state index in [0.29, 0.717) is 23.2 Å². The second-order valence-corrected chi connectivity index (χ2v) is 2.45. The Kier molecular flexibility index (Phi) is 2.33. The maximum Gasteiger partial charge on any atom is 0.153 e. The molecule has 0 saturated heterocycles. The Labute approximate surface area is 70.6 Å². The lowest BCUT2D eigenvalue weighted by atomic mass is 10.1. The molecule has 0 heterocycles. The Balaban J connectivity index is 3.35. The predicted molar refractivity (Wildman–Crippen MR) is 44.8 cm³/mol. The van der Waals surface area contributed by atoms with Gasteiger partial charge >= 0.3 is 0 Å². The van der Waals surface area contributed by atoms with Crippen LogP contribution in [-0.2, 0) is 0 Å². The number of aldehydes is 1. The first-order valence-electron chi connectivity index (χ1n) is 3.52. The molecule has 0 atom stereocenters. The Morgan fingerprint density at radius 1 is 1.50 bits per heavy atom. The van der Waals surface area contributed by atoms with Gasteiger partial charge in [-0.2, -0.15) is 0 Å². The Hall–Kier alpha value is -1.51. The van der Waals surface area contributed by atoms with Crippen LogP contribution in [0.2, 0.25) is 0 Å². The van der Waals surface area contributed by atoms with E-state index in [9.17, 15) is 9.90 Å². The van der Waals surface area contributed by atoms with E-state index in [0.717, 1.165) is 0 Å². The van der Waals surface area contributed by atoms with Crippen LogP contribution in [-0.4, -0.2) is 18.5 Å². The van der Waals surface area contributed by atoms with E-state index in [2.05, 4.69) is 0 Å². The first-order chi connectivity index (χ1) is 5.70. The molecule has 1 N–H and O–H groups in total. The van der Waals surface area contributed by atoms with Crippen LogP contribution in [0.25, 0.3) is 0 Å². The molecule has 1 aromatic carbocycles. The molecule has 0 aliphatic carbocycles. The zero-order valence-corrected chi connectivity index (χ0v) is 7.00. The normalized spacial score (nSPS) is 9.50. The Morgan fingerprint density at radius 3 is 2.67 bits per heavy atom. The summed E-state index contributed by atoms with van der Waals surface area (Å²) < 4.78 is 4.96. The van der Waals surface area contributed by atoms with E-state index in [4.69, 9.17) is 4.74 Å². The van der Waals surface area contributed by atoms with Crippen molar-refractivity contribution in [3.05, 3.63) is 23.3 Å². The van der Waals surface area contributed by atoms with Crippen molar-refractivity contribution in [3.63, 3.8) is 0 Å². The third-order valence-corrected chi connectivity index (χ3v) is 1.74. The van der Waals surface area contributed by atoms with Crippen molar-refractivity contribution in [2.24, 2.45) is 0 Å². The smallest absolute Gasteiger partial charge is 0.153 e. The lowest BCUT2D eigenvalue weighted by Crippen LogP contribution is -1.93. The van der Waals surface area contributed by atoms with Gasteiger partial charge in [0.1, 0.15) is 11.5 Å². The number of carbonyl (C=O) groups excluding carboxylic acids is 1. The number of benzene rings is 1. The third-order valence-electron chi connectivity index (χ3n) is 1.74. The molecule has 3 heteroatoms. The first kappa shape index (κ1) is 8.59. The lowest BCUT2D eigenvalue weighted by Gasteiger charge is -2.07. The van der Waals surface area contributed by atoms with Gasteiger partial charge in [0.2, 0.25) is 0 Å². The number of rotatable bonds is 2. The van der Waals surface area contributed by atoms with Crippen LogP contribution in [0.4, 0.5) is 0 Å². The van der Waals surface area contributed by atoms with Crippen molar-refractivity contribution in [2.75, 3.05) is 7.11 Å². The van der Waals surface area contributed by atoms with E-state index >= 15 is 0 Å². The van der Waals surface area contributed by atoms with Crippen molar-refractivity contribution in [3.8, 4) is 11.5 Å². The summed E-state index contributed by atoms with van der Waals surface area (Å²) >= 11 is 0. The summed E-state index contributed by atoms with van der Waals surface area (Å²) in [7, 11) is 1.47. The van der Waals surface area contributed by atoms with Gasteiger partial charge in [0, 0.05) is 5.56 Å². The summed E-state index contributed by atoms with van der Waals surface area (Å²) in [4.78, 5) is 10.5. The molecule has 0 radical (unpaired) electrons. The molecule has 0 spiro atoms. The van der Waals surface area contributed by atoms with Crippen LogP contribution in [0.15, 0.2) is 12.1 Å². The molecule has 12 heavy (non-hydrogen) atoms. The van der Waals surface area contributed by atoms with Gasteiger partial charge in [-0.3, -0.25) is 4.79 Å². The summed E-state index contributed by atoms with van der Waals surface area (Å²) in [5.74, 6) is 0.572. The number of hydrogen-bond acceptors (Lipinski definition) is 3. The SMILES string of the molecule is COc1c(C=O)ccc(O)c1C. The highest BCUT2D eigenvalue weighted by molar-refractivity contribution is 5.81. The van der Waals surface area contributed by atoms with Crippen LogP contribution >= 0.6 is 0 Å². The molecule has 64 valence electrons. The quantitative estimate of drug-likeness (QED) is 0.677. The fraction of sp³-hybridized carbons (Fsp3) is 0.222. The average molecular weight is 166 g/mol. The minimum Gasteiger partial charge on any atom is -0.508 e. The fourth-order valence-corrected chi connectivity index (χ4v) is 1.07. The van der Waals surface area contributed by atoms with Gasteiger partial charge in [0.25, 0.3) is 0 Å². The Morgan fingerprint density at radius 2 is 2.17 bits per heavy atom. The van der Waals surface area contributed by atoms with E-state index < -0.39 is 0 Å². The highest BCUT2D eigenvalue weighted by Gasteiger charge is 2.08. The van der Waals surface area contributed by atoms with Gasteiger partial charge in [0.05, 0.1) is 12.7 Å². The molecule has 0 aliphatic rings. The second kappa shape index (κ2) is 3.26. The zero-order valence-electron chi connectivity index (χ0n) is 7.00. The number of hydrogen-bond donors (Lipinski definition) is 1. The van der Waals surface area contributed by atoms with Crippen LogP contribution in [0.3, 0.4) is 0 Å². The molecule has 3 nitrogen and oxygen atoms in total. The lowest BCUT2D eigenvalue weighted by molar-refractivity contribution is 0.112. The number of methoxy groups -OCH3 is 1. The number of carbonyl (C=O) groups is 1. The minimum atomic E-state index is 0.137. The second-order valence-electron chi connectivity index (χ2n) is 2.45. The first-order valence-corrected chi connectivity index (χ1v) is 3.52. The number of ether oxygens (including phenoxy) is 1. The van der Waals surface area contributed by atoms with Crippen LogP contribution in [0.1, 0.15) is 15.9 Å². The summed E-state index contributed by atoms with van der Waals surface area (Å²) in [5.41, 5.74) is 1.04. The molecule has 0 amide bonds. The van der Waals surface area contributed by atoms with Crippen molar-refractivity contribution >= 4 is 6.29 Å². The molecular weight excluding hydrogens is 156 g/mol. The zero-order chi connectivity index (χ0) is 9.14. The fourth-order valence-electron chi connectivity index (χ4n) is 1.07. The number of aromatic hydroxyl groups is 1. The molecule has 0 aliphatic heterocycles. The molecule has 1 aromatic rings. The average Bonchev–Trinajstić information content (AvgIpc) is 2.09. The highest BCUT2D eigenvalue weighted by Crippen LogP contribution is 2.29. The van der Waals surface area contributed by atoms with E-state index in [1.54, 1.807) is 6.92 Å². The maximum absolute atomic E-state index is 10.5. The summed E-state index contributed by atoms with van der Waals surface area (Å²) in [6.45, 7) is 1.70. The maximum atomic E-state index is 10.5. The molecule has 0 unspecified atom stereocenters. The molecule has 0 fully saturated rings. The van der Waals surface area contributed by atoms with E-state index in [1.165, 1.54) is 19.2 Å².